The minimum atomic E-state index is -0.816. The molecule has 1 aromatic heterocycles. The average molecular weight is 453 g/mol. The fourth-order valence-electron chi connectivity index (χ4n) is 2.90. The van der Waals surface area contributed by atoms with Gasteiger partial charge in [-0.3, -0.25) is 9.59 Å². The summed E-state index contributed by atoms with van der Waals surface area (Å²) in [4.78, 5) is 37.8. The molecule has 0 bridgehead atoms. The third-order valence-electron chi connectivity index (χ3n) is 4.60. The highest BCUT2D eigenvalue weighted by Gasteiger charge is 2.20. The number of unbranched alkanes of at least 4 members (excludes halogenated alkanes) is 1. The molecule has 3 rings (SSSR count). The smallest absolute Gasteiger partial charge is 0.360 e. The van der Waals surface area contributed by atoms with Gasteiger partial charge in [-0.05, 0) is 61.9 Å². The van der Waals surface area contributed by atoms with Crippen molar-refractivity contribution in [1.82, 2.24) is 9.78 Å². The standard InChI is InChI=1S/C24H24FN3O5/c1-3-5-14-33-19-12-6-16(7-13-19)23(30)26-20-15-21(29)28(18-10-8-17(25)9-11-18)27-22(20)24(31)32-4-2/h6-13,15H,3-5,14H2,1-2H3,(H,26,30). The van der Waals surface area contributed by atoms with Gasteiger partial charge in [0, 0.05) is 11.6 Å². The summed E-state index contributed by atoms with van der Waals surface area (Å²) >= 11 is 0. The van der Waals surface area contributed by atoms with Crippen LogP contribution in [0.5, 0.6) is 5.75 Å². The summed E-state index contributed by atoms with van der Waals surface area (Å²) in [5, 5.41) is 6.62. The molecule has 8 nitrogen and oxygen atoms in total. The maximum Gasteiger partial charge on any atom is 0.360 e. The van der Waals surface area contributed by atoms with Crippen molar-refractivity contribution in [2.24, 2.45) is 0 Å². The molecule has 2 aromatic carbocycles. The quantitative estimate of drug-likeness (QED) is 0.389. The van der Waals surface area contributed by atoms with E-state index in [0.717, 1.165) is 23.6 Å². The first kappa shape index (κ1) is 23.6. The topological polar surface area (TPSA) is 99.5 Å². The highest BCUT2D eigenvalue weighted by atomic mass is 19.1. The van der Waals surface area contributed by atoms with Crippen molar-refractivity contribution in [3.8, 4) is 11.4 Å². The Bertz CT molecular complexity index is 1170. The van der Waals surface area contributed by atoms with Crippen molar-refractivity contribution < 1.29 is 23.5 Å². The van der Waals surface area contributed by atoms with Crippen LogP contribution < -0.4 is 15.6 Å². The molecule has 0 aliphatic heterocycles. The number of carbonyl (C=O) groups excluding carboxylic acids is 2. The Kier molecular flexibility index (Phi) is 7.91. The molecule has 0 radical (unpaired) electrons. The lowest BCUT2D eigenvalue weighted by molar-refractivity contribution is 0.0518. The van der Waals surface area contributed by atoms with Crippen molar-refractivity contribution in [2.75, 3.05) is 18.5 Å². The Morgan fingerprint density at radius 2 is 1.76 bits per heavy atom. The van der Waals surface area contributed by atoms with Crippen LogP contribution in [-0.2, 0) is 4.74 Å². The number of rotatable bonds is 9. The van der Waals surface area contributed by atoms with Crippen molar-refractivity contribution in [2.45, 2.75) is 26.7 Å². The van der Waals surface area contributed by atoms with Gasteiger partial charge in [-0.25, -0.2) is 9.18 Å². The minimum absolute atomic E-state index is 0.0725. The lowest BCUT2D eigenvalue weighted by atomic mass is 10.2. The van der Waals surface area contributed by atoms with Gasteiger partial charge in [-0.1, -0.05) is 13.3 Å². The zero-order valence-electron chi connectivity index (χ0n) is 18.3. The van der Waals surface area contributed by atoms with Gasteiger partial charge in [0.1, 0.15) is 11.6 Å². The number of benzene rings is 2. The summed E-state index contributed by atoms with van der Waals surface area (Å²) in [5.41, 5.74) is -0.415. The maximum absolute atomic E-state index is 13.2. The van der Waals surface area contributed by atoms with Gasteiger partial charge in [0.05, 0.1) is 24.6 Å². The number of hydrogen-bond donors (Lipinski definition) is 1. The van der Waals surface area contributed by atoms with Crippen LogP contribution in [0.4, 0.5) is 10.1 Å². The number of carbonyl (C=O) groups is 2. The molecule has 0 spiro atoms. The molecule has 0 saturated carbocycles. The van der Waals surface area contributed by atoms with Gasteiger partial charge < -0.3 is 14.8 Å². The van der Waals surface area contributed by atoms with Crippen LogP contribution in [-0.4, -0.2) is 34.9 Å². The predicted octanol–water partition coefficient (Wildman–Crippen LogP) is 3.98. The number of halogens is 1. The van der Waals surface area contributed by atoms with E-state index in [4.69, 9.17) is 9.47 Å². The van der Waals surface area contributed by atoms with E-state index in [-0.39, 0.29) is 23.7 Å². The summed E-state index contributed by atoms with van der Waals surface area (Å²) in [5.74, 6) is -1.21. The number of amides is 1. The van der Waals surface area contributed by atoms with Crippen LogP contribution in [0.3, 0.4) is 0 Å². The summed E-state index contributed by atoms with van der Waals surface area (Å²) in [7, 11) is 0. The van der Waals surface area contributed by atoms with E-state index in [1.807, 2.05) is 0 Å². The molecule has 0 unspecified atom stereocenters. The van der Waals surface area contributed by atoms with E-state index in [9.17, 15) is 18.8 Å². The van der Waals surface area contributed by atoms with Gasteiger partial charge in [0.25, 0.3) is 11.5 Å². The second-order valence-electron chi connectivity index (χ2n) is 7.03. The Morgan fingerprint density at radius 1 is 1.06 bits per heavy atom. The zero-order valence-corrected chi connectivity index (χ0v) is 18.3. The van der Waals surface area contributed by atoms with Gasteiger partial charge in [0.2, 0.25) is 0 Å². The minimum Gasteiger partial charge on any atom is -0.494 e. The van der Waals surface area contributed by atoms with Gasteiger partial charge in [0.15, 0.2) is 5.69 Å². The Balaban J connectivity index is 1.89. The molecule has 1 N–H and O–H groups in total. The van der Waals surface area contributed by atoms with E-state index in [0.29, 0.717) is 17.9 Å². The first-order chi connectivity index (χ1) is 15.9. The molecule has 0 saturated heterocycles. The maximum atomic E-state index is 13.2. The van der Waals surface area contributed by atoms with Crippen LogP contribution in [0, 0.1) is 5.82 Å². The molecule has 0 aliphatic rings. The first-order valence-corrected chi connectivity index (χ1v) is 10.5. The van der Waals surface area contributed by atoms with Gasteiger partial charge >= 0.3 is 5.97 Å². The third-order valence-corrected chi connectivity index (χ3v) is 4.60. The lowest BCUT2D eigenvalue weighted by Crippen LogP contribution is -2.27. The largest absolute Gasteiger partial charge is 0.494 e. The molecule has 172 valence electrons. The number of nitrogens with one attached hydrogen (secondary N) is 1. The number of hydrogen-bond acceptors (Lipinski definition) is 6. The molecule has 0 fully saturated rings. The van der Waals surface area contributed by atoms with E-state index >= 15 is 0 Å². The summed E-state index contributed by atoms with van der Waals surface area (Å²) in [6, 6.07) is 12.6. The molecule has 1 heterocycles. The second kappa shape index (κ2) is 11.0. The Hall–Kier alpha value is -4.01. The van der Waals surface area contributed by atoms with Crippen LogP contribution in [0.15, 0.2) is 59.4 Å². The highest BCUT2D eigenvalue weighted by molar-refractivity contribution is 6.07. The highest BCUT2D eigenvalue weighted by Crippen LogP contribution is 2.17. The zero-order chi connectivity index (χ0) is 23.8. The molecule has 9 heteroatoms. The molecule has 3 aromatic rings. The normalized spacial score (nSPS) is 10.5. The first-order valence-electron chi connectivity index (χ1n) is 10.5. The summed E-state index contributed by atoms with van der Waals surface area (Å²) < 4.78 is 24.8. The third kappa shape index (κ3) is 6.03. The van der Waals surface area contributed by atoms with Crippen LogP contribution >= 0.6 is 0 Å². The molecular formula is C24H24FN3O5. The fraction of sp³-hybridized carbons (Fsp3) is 0.250. The van der Waals surface area contributed by atoms with Crippen molar-refractivity contribution >= 4 is 17.6 Å². The second-order valence-corrected chi connectivity index (χ2v) is 7.03. The molecule has 1 amide bonds. The predicted molar refractivity (Wildman–Crippen MR) is 121 cm³/mol. The Morgan fingerprint density at radius 3 is 2.39 bits per heavy atom. The van der Waals surface area contributed by atoms with Crippen LogP contribution in [0.1, 0.15) is 47.5 Å². The summed E-state index contributed by atoms with van der Waals surface area (Å²) in [6.07, 6.45) is 1.94. The Labute approximate surface area is 190 Å². The van der Waals surface area contributed by atoms with E-state index in [1.165, 1.54) is 24.3 Å². The molecule has 0 aliphatic carbocycles. The van der Waals surface area contributed by atoms with Gasteiger partial charge in [-0.15, -0.1) is 0 Å². The van der Waals surface area contributed by atoms with Crippen molar-refractivity contribution in [1.29, 1.82) is 0 Å². The van der Waals surface area contributed by atoms with E-state index in [2.05, 4.69) is 17.3 Å². The molecule has 0 atom stereocenters. The van der Waals surface area contributed by atoms with Crippen molar-refractivity contribution in [3.63, 3.8) is 0 Å². The number of ether oxygens (including phenoxy) is 2. The van der Waals surface area contributed by atoms with Crippen molar-refractivity contribution in [3.05, 3.63) is 82.0 Å². The van der Waals surface area contributed by atoms with Crippen LogP contribution in [0.2, 0.25) is 0 Å². The molecular weight excluding hydrogens is 429 g/mol. The van der Waals surface area contributed by atoms with Crippen LogP contribution in [0.25, 0.3) is 5.69 Å². The van der Waals surface area contributed by atoms with E-state index < -0.39 is 23.3 Å². The number of anilines is 1. The van der Waals surface area contributed by atoms with Gasteiger partial charge in [-0.2, -0.15) is 9.78 Å². The fourth-order valence-corrected chi connectivity index (χ4v) is 2.90. The number of aromatic nitrogens is 2. The molecule has 33 heavy (non-hydrogen) atoms. The SMILES string of the molecule is CCCCOc1ccc(C(=O)Nc2cc(=O)n(-c3ccc(F)cc3)nc2C(=O)OCC)cc1. The lowest BCUT2D eigenvalue weighted by Gasteiger charge is -2.13. The monoisotopic (exact) mass is 453 g/mol. The number of esters is 1. The van der Waals surface area contributed by atoms with E-state index in [1.54, 1.807) is 31.2 Å². The summed E-state index contributed by atoms with van der Waals surface area (Å²) in [6.45, 7) is 4.34. The number of nitrogens with zero attached hydrogens (tertiary/aromatic N) is 2. The average Bonchev–Trinajstić information content (AvgIpc) is 2.80.